The van der Waals surface area contributed by atoms with Gasteiger partial charge in [0.15, 0.2) is 0 Å². The average Bonchev–Trinajstić information content (AvgIpc) is 3.05. The van der Waals surface area contributed by atoms with Crippen LogP contribution >= 0.6 is 0 Å². The predicted octanol–water partition coefficient (Wildman–Crippen LogP) is 1.25. The molecule has 12 nitrogen and oxygen atoms in total. The Morgan fingerprint density at radius 2 is 1.42 bits per heavy atom. The highest BCUT2D eigenvalue weighted by Crippen LogP contribution is 2.08. The number of H-pyrrole nitrogens is 1. The Morgan fingerprint density at radius 1 is 0.903 bits per heavy atom. The molecule has 4 amide bonds. The molecule has 0 saturated carbocycles. The zero-order valence-electron chi connectivity index (χ0n) is 18.5. The van der Waals surface area contributed by atoms with E-state index in [2.05, 4.69) is 25.9 Å². The Bertz CT molecular complexity index is 847. The number of nitrogens with two attached hydrogens (primary N) is 1. The summed E-state index contributed by atoms with van der Waals surface area (Å²) in [5.41, 5.74) is 4.29. The lowest BCUT2D eigenvalue weighted by molar-refractivity contribution is 0.0525. The molecule has 172 valence electrons. The second kappa shape index (κ2) is 10.5. The van der Waals surface area contributed by atoms with Crippen molar-refractivity contribution < 1.29 is 28.7 Å². The van der Waals surface area contributed by atoms with E-state index in [1.807, 2.05) is 0 Å². The summed E-state index contributed by atoms with van der Waals surface area (Å²) in [5, 5.41) is 7.29. The molecule has 0 aliphatic heterocycles. The molecule has 0 fully saturated rings. The minimum absolute atomic E-state index is 0.0272. The van der Waals surface area contributed by atoms with Gasteiger partial charge in [0.25, 0.3) is 11.8 Å². The minimum Gasteiger partial charge on any atom is -0.444 e. The van der Waals surface area contributed by atoms with Gasteiger partial charge in [-0.05, 0) is 53.7 Å². The summed E-state index contributed by atoms with van der Waals surface area (Å²) >= 11 is 0. The Labute approximate surface area is 180 Å². The van der Waals surface area contributed by atoms with Gasteiger partial charge in [-0.3, -0.25) is 14.9 Å². The highest BCUT2D eigenvalue weighted by molar-refractivity contribution is 6.07. The van der Waals surface area contributed by atoms with E-state index in [4.69, 9.17) is 15.2 Å². The fourth-order valence-electron chi connectivity index (χ4n) is 2.00. The van der Waals surface area contributed by atoms with E-state index in [-0.39, 0.29) is 24.5 Å². The molecule has 0 saturated heterocycles. The van der Waals surface area contributed by atoms with E-state index < -0.39 is 41.2 Å². The molecular formula is C19H30N6O6. The number of carbonyl (C=O) groups is 4. The largest absolute Gasteiger partial charge is 0.444 e. The highest BCUT2D eigenvalue weighted by Gasteiger charge is 2.18. The minimum atomic E-state index is -0.947. The number of nitrogens with zero attached hydrogens (tertiary/aromatic N) is 1. The second-order valence-corrected chi connectivity index (χ2v) is 8.40. The van der Waals surface area contributed by atoms with Gasteiger partial charge in [0, 0.05) is 13.1 Å². The molecule has 0 radical (unpaired) electrons. The lowest BCUT2D eigenvalue weighted by atomic mass is 10.2. The Balaban J connectivity index is 2.51. The summed E-state index contributed by atoms with van der Waals surface area (Å²) in [4.78, 5) is 53.4. The van der Waals surface area contributed by atoms with Gasteiger partial charge < -0.3 is 30.8 Å². The summed E-state index contributed by atoms with van der Waals surface area (Å²) in [7, 11) is 0. The molecule has 1 aromatic heterocycles. The maximum atomic E-state index is 12.2. The Kier molecular flexibility index (Phi) is 8.59. The van der Waals surface area contributed by atoms with Crippen LogP contribution in [-0.4, -0.2) is 59.2 Å². The number of alkyl carbamates (subject to hydrolysis) is 1. The maximum absolute atomic E-state index is 12.2. The van der Waals surface area contributed by atoms with Crippen LogP contribution < -0.4 is 21.7 Å². The molecule has 6 N–H and O–H groups in total. The fourth-order valence-corrected chi connectivity index (χ4v) is 2.00. The van der Waals surface area contributed by atoms with Gasteiger partial charge in [-0.1, -0.05) is 0 Å². The summed E-state index contributed by atoms with van der Waals surface area (Å²) in [5.74, 6) is -1.64. The number of guanidine groups is 1. The zero-order chi connectivity index (χ0) is 23.8. The summed E-state index contributed by atoms with van der Waals surface area (Å²) < 4.78 is 10.0. The van der Waals surface area contributed by atoms with E-state index in [1.165, 1.54) is 12.1 Å². The number of amides is 4. The third kappa shape index (κ3) is 10.7. The van der Waals surface area contributed by atoms with Gasteiger partial charge in [0.1, 0.15) is 22.6 Å². The van der Waals surface area contributed by atoms with Crippen molar-refractivity contribution in [1.29, 1.82) is 0 Å². The second-order valence-electron chi connectivity index (χ2n) is 8.40. The predicted molar refractivity (Wildman–Crippen MR) is 113 cm³/mol. The van der Waals surface area contributed by atoms with Gasteiger partial charge >= 0.3 is 12.2 Å². The van der Waals surface area contributed by atoms with Crippen LogP contribution in [0.15, 0.2) is 17.1 Å². The third-order valence-corrected chi connectivity index (χ3v) is 3.10. The van der Waals surface area contributed by atoms with Gasteiger partial charge in [-0.25, -0.2) is 9.59 Å². The number of hydrogen-bond acceptors (Lipinski definition) is 6. The zero-order valence-corrected chi connectivity index (χ0v) is 18.5. The van der Waals surface area contributed by atoms with Crippen molar-refractivity contribution in [1.82, 2.24) is 20.9 Å². The molecule has 1 aromatic rings. The van der Waals surface area contributed by atoms with Crippen LogP contribution in [0.4, 0.5) is 9.59 Å². The number of carbonyl (C=O) groups excluding carboxylic acids is 4. The van der Waals surface area contributed by atoms with Crippen LogP contribution in [0.5, 0.6) is 0 Å². The van der Waals surface area contributed by atoms with E-state index in [0.717, 1.165) is 0 Å². The van der Waals surface area contributed by atoms with Gasteiger partial charge in [-0.2, -0.15) is 0 Å². The number of aromatic amines is 1. The standard InChI is InChI=1S/C19H30N6O6/c1-18(2,3)30-16(28)22-10-9-21-13(26)11-7-8-12(23-11)14(27)24-15(20)25-17(29)31-19(4,5)6/h7-8,23H,9-10H2,1-6H3,(H,21,26)(H,22,28)(H3,20,24,25,27,29). The van der Waals surface area contributed by atoms with E-state index in [0.29, 0.717) is 0 Å². The maximum Gasteiger partial charge on any atom is 0.437 e. The van der Waals surface area contributed by atoms with Crippen molar-refractivity contribution in [3.63, 3.8) is 0 Å². The molecule has 31 heavy (non-hydrogen) atoms. The van der Waals surface area contributed by atoms with Crippen molar-refractivity contribution in [3.8, 4) is 0 Å². The number of aliphatic imine (C=N–C) groups is 1. The smallest absolute Gasteiger partial charge is 0.437 e. The number of aromatic nitrogens is 1. The molecule has 0 aliphatic carbocycles. The summed E-state index contributed by atoms with van der Waals surface area (Å²) in [6, 6.07) is 2.76. The molecule has 0 spiro atoms. The SMILES string of the molecule is CC(C)(C)OC(=O)/N=C(/N)NC(=O)c1ccc(C(=O)NCCNC(=O)OC(C)(C)C)[nH]1. The van der Waals surface area contributed by atoms with Crippen molar-refractivity contribution in [2.75, 3.05) is 13.1 Å². The third-order valence-electron chi connectivity index (χ3n) is 3.10. The molecule has 0 atom stereocenters. The quantitative estimate of drug-likeness (QED) is 0.261. The molecular weight excluding hydrogens is 408 g/mol. The molecule has 0 unspecified atom stereocenters. The summed E-state index contributed by atoms with van der Waals surface area (Å²) in [6.45, 7) is 10.5. The first-order chi connectivity index (χ1) is 14.2. The topological polar surface area (TPSA) is 177 Å². The lowest BCUT2D eigenvalue weighted by Crippen LogP contribution is -2.38. The average molecular weight is 438 g/mol. The van der Waals surface area contributed by atoms with Crippen LogP contribution in [0.2, 0.25) is 0 Å². The lowest BCUT2D eigenvalue weighted by Gasteiger charge is -2.19. The Morgan fingerprint density at radius 3 is 1.97 bits per heavy atom. The van der Waals surface area contributed by atoms with Crippen LogP contribution in [-0.2, 0) is 9.47 Å². The molecule has 0 bridgehead atoms. The van der Waals surface area contributed by atoms with Crippen molar-refractivity contribution in [2.45, 2.75) is 52.7 Å². The van der Waals surface area contributed by atoms with Crippen LogP contribution in [0, 0.1) is 0 Å². The van der Waals surface area contributed by atoms with Gasteiger partial charge in [0.05, 0.1) is 0 Å². The van der Waals surface area contributed by atoms with Gasteiger partial charge in [-0.15, -0.1) is 4.99 Å². The first-order valence-corrected chi connectivity index (χ1v) is 9.49. The number of nitrogens with one attached hydrogen (secondary N) is 4. The highest BCUT2D eigenvalue weighted by atomic mass is 16.6. The number of ether oxygens (including phenoxy) is 2. The van der Waals surface area contributed by atoms with Gasteiger partial charge in [0.2, 0.25) is 5.96 Å². The van der Waals surface area contributed by atoms with Crippen LogP contribution in [0.1, 0.15) is 62.5 Å². The van der Waals surface area contributed by atoms with Crippen LogP contribution in [0.3, 0.4) is 0 Å². The van der Waals surface area contributed by atoms with Crippen LogP contribution in [0.25, 0.3) is 0 Å². The van der Waals surface area contributed by atoms with Crippen molar-refractivity contribution in [3.05, 3.63) is 23.5 Å². The first-order valence-electron chi connectivity index (χ1n) is 9.49. The summed E-state index contributed by atoms with van der Waals surface area (Å²) in [6.07, 6.45) is -1.54. The van der Waals surface area contributed by atoms with E-state index >= 15 is 0 Å². The Hall–Kier alpha value is -3.57. The van der Waals surface area contributed by atoms with Crippen molar-refractivity contribution >= 4 is 30.0 Å². The monoisotopic (exact) mass is 438 g/mol. The molecule has 0 aliphatic rings. The van der Waals surface area contributed by atoms with E-state index in [9.17, 15) is 19.2 Å². The molecule has 1 rings (SSSR count). The first kappa shape index (κ1) is 25.5. The van der Waals surface area contributed by atoms with E-state index in [1.54, 1.807) is 41.5 Å². The molecule has 0 aromatic carbocycles. The fraction of sp³-hybridized carbons (Fsp3) is 0.526. The van der Waals surface area contributed by atoms with Crippen molar-refractivity contribution in [2.24, 2.45) is 10.7 Å². The number of rotatable bonds is 5. The normalized spacial score (nSPS) is 12.0. The molecule has 1 heterocycles. The number of hydrogen-bond donors (Lipinski definition) is 5. The molecule has 12 heteroatoms.